The van der Waals surface area contributed by atoms with Gasteiger partial charge in [-0.25, -0.2) is 0 Å². The van der Waals surface area contributed by atoms with Gasteiger partial charge in [-0.1, -0.05) is 20.8 Å². The molecule has 0 aromatic carbocycles. The van der Waals surface area contributed by atoms with Crippen LogP contribution in [-0.2, 0) is 0 Å². The maximum Gasteiger partial charge on any atom is 0.00526 e. The summed E-state index contributed by atoms with van der Waals surface area (Å²) in [7, 11) is 0. The highest BCUT2D eigenvalue weighted by Gasteiger charge is 2.38. The summed E-state index contributed by atoms with van der Waals surface area (Å²) in [6.45, 7) is 6.63. The largest absolute Gasteiger partial charge is 0.328 e. The van der Waals surface area contributed by atoms with E-state index in [1.807, 2.05) is 0 Å². The molecule has 3 N–H and O–H groups in total. The van der Waals surface area contributed by atoms with E-state index in [4.69, 9.17) is 11.1 Å². The molecule has 1 aliphatic rings. The van der Waals surface area contributed by atoms with Crippen LogP contribution < -0.4 is 5.73 Å². The van der Waals surface area contributed by atoms with E-state index in [1.54, 1.807) is 6.21 Å². The Morgan fingerprint density at radius 3 is 2.33 bits per heavy atom. The second kappa shape index (κ2) is 2.84. The summed E-state index contributed by atoms with van der Waals surface area (Å²) in [4.78, 5) is 0. The van der Waals surface area contributed by atoms with Crippen LogP contribution in [0.25, 0.3) is 0 Å². The van der Waals surface area contributed by atoms with E-state index in [-0.39, 0.29) is 11.5 Å². The van der Waals surface area contributed by atoms with E-state index < -0.39 is 0 Å². The minimum absolute atomic E-state index is 0.0428. The lowest BCUT2D eigenvalue weighted by molar-refractivity contribution is 0.137. The first-order valence-electron chi connectivity index (χ1n) is 4.64. The van der Waals surface area contributed by atoms with Crippen molar-refractivity contribution >= 4 is 6.21 Å². The van der Waals surface area contributed by atoms with Crippen LogP contribution in [0.4, 0.5) is 0 Å². The molecule has 0 aromatic heterocycles. The van der Waals surface area contributed by atoms with E-state index >= 15 is 0 Å². The number of rotatable bonds is 1. The van der Waals surface area contributed by atoms with Crippen molar-refractivity contribution in [3.05, 3.63) is 0 Å². The first-order valence-corrected chi connectivity index (χ1v) is 4.64. The normalized spacial score (nSPS) is 40.8. The van der Waals surface area contributed by atoms with E-state index in [0.29, 0.717) is 5.41 Å². The third-order valence-electron chi connectivity index (χ3n) is 2.77. The maximum atomic E-state index is 7.38. The molecule has 0 bridgehead atoms. The van der Waals surface area contributed by atoms with Crippen molar-refractivity contribution < 1.29 is 0 Å². The molecular weight excluding hydrogens is 148 g/mol. The van der Waals surface area contributed by atoms with E-state index in [2.05, 4.69) is 20.8 Å². The van der Waals surface area contributed by atoms with Crippen LogP contribution in [0.15, 0.2) is 0 Å². The van der Waals surface area contributed by atoms with Gasteiger partial charge in [-0.15, -0.1) is 0 Å². The molecular formula is C10H20N2. The Bertz CT molecular complexity index is 186. The molecule has 0 aromatic rings. The minimum Gasteiger partial charge on any atom is -0.328 e. The highest BCUT2D eigenvalue weighted by atomic mass is 14.7. The monoisotopic (exact) mass is 168 g/mol. The molecule has 2 nitrogen and oxygen atoms in total. The van der Waals surface area contributed by atoms with Gasteiger partial charge in [0.05, 0.1) is 0 Å². The molecule has 0 amide bonds. The first-order chi connectivity index (χ1) is 5.37. The number of hydrogen-bond acceptors (Lipinski definition) is 2. The zero-order valence-electron chi connectivity index (χ0n) is 8.35. The Labute approximate surface area is 75.0 Å². The molecule has 2 atom stereocenters. The van der Waals surface area contributed by atoms with E-state index in [0.717, 1.165) is 19.3 Å². The van der Waals surface area contributed by atoms with Gasteiger partial charge < -0.3 is 11.1 Å². The fourth-order valence-electron chi connectivity index (χ4n) is 2.73. The van der Waals surface area contributed by atoms with Crippen molar-refractivity contribution in [3.8, 4) is 0 Å². The molecule has 12 heavy (non-hydrogen) atoms. The lowest BCUT2D eigenvalue weighted by atomic mass is 9.63. The van der Waals surface area contributed by atoms with Gasteiger partial charge in [0, 0.05) is 17.7 Å². The van der Waals surface area contributed by atoms with E-state index in [1.165, 1.54) is 0 Å². The lowest BCUT2D eigenvalue weighted by Crippen LogP contribution is -2.42. The van der Waals surface area contributed by atoms with Crippen molar-refractivity contribution in [2.75, 3.05) is 0 Å². The van der Waals surface area contributed by atoms with Crippen LogP contribution >= 0.6 is 0 Å². The summed E-state index contributed by atoms with van der Waals surface area (Å²) < 4.78 is 0. The molecule has 0 saturated heterocycles. The quantitative estimate of drug-likeness (QED) is 0.579. The van der Waals surface area contributed by atoms with Gasteiger partial charge in [-0.3, -0.25) is 0 Å². The van der Waals surface area contributed by atoms with Gasteiger partial charge in [0.25, 0.3) is 0 Å². The van der Waals surface area contributed by atoms with Crippen molar-refractivity contribution in [2.45, 2.75) is 46.1 Å². The SMILES string of the molecule is CC1(C)CC(N)CC(C)(C=N)C1. The van der Waals surface area contributed by atoms with Crippen LogP contribution in [-0.4, -0.2) is 12.3 Å². The molecule has 70 valence electrons. The average Bonchev–Trinajstić information content (AvgIpc) is 1.82. The Balaban J connectivity index is 2.76. The smallest absolute Gasteiger partial charge is 0.00526 e. The zero-order chi connectivity index (χ0) is 9.41. The summed E-state index contributed by atoms with van der Waals surface area (Å²) in [6.07, 6.45) is 4.74. The summed E-state index contributed by atoms with van der Waals surface area (Å²) in [6, 6.07) is 0.278. The predicted octanol–water partition coefficient (Wildman–Crippen LogP) is 2.18. The van der Waals surface area contributed by atoms with Crippen molar-refractivity contribution in [1.29, 1.82) is 5.41 Å². The topological polar surface area (TPSA) is 49.9 Å². The average molecular weight is 168 g/mol. The first kappa shape index (κ1) is 9.72. The number of nitrogens with two attached hydrogens (primary N) is 1. The van der Waals surface area contributed by atoms with Crippen LogP contribution in [0.2, 0.25) is 0 Å². The van der Waals surface area contributed by atoms with Gasteiger partial charge in [-0.2, -0.15) is 0 Å². The second-order valence-corrected chi connectivity index (χ2v) is 5.31. The summed E-state index contributed by atoms with van der Waals surface area (Å²) in [5, 5.41) is 7.38. The highest BCUT2D eigenvalue weighted by molar-refractivity contribution is 5.62. The third kappa shape index (κ3) is 2.07. The molecule has 1 aliphatic carbocycles. The van der Waals surface area contributed by atoms with Crippen molar-refractivity contribution in [3.63, 3.8) is 0 Å². The van der Waals surface area contributed by atoms with Gasteiger partial charge in [0.15, 0.2) is 0 Å². The molecule has 0 heterocycles. The summed E-state index contributed by atoms with van der Waals surface area (Å²) >= 11 is 0. The highest BCUT2D eigenvalue weighted by Crippen LogP contribution is 2.44. The van der Waals surface area contributed by atoms with Gasteiger partial charge in [0.1, 0.15) is 0 Å². The molecule has 1 saturated carbocycles. The molecule has 1 rings (SSSR count). The molecule has 2 heteroatoms. The maximum absolute atomic E-state index is 7.38. The van der Waals surface area contributed by atoms with Gasteiger partial charge in [0.2, 0.25) is 0 Å². The van der Waals surface area contributed by atoms with Crippen LogP contribution in [0.1, 0.15) is 40.0 Å². The summed E-state index contributed by atoms with van der Waals surface area (Å²) in [5.74, 6) is 0. The standard InChI is InChI=1S/C10H20N2/c1-9(2)4-8(12)5-10(3,6-9)7-11/h7-8,11H,4-6,12H2,1-3H3. The lowest BCUT2D eigenvalue weighted by Gasteiger charge is -2.43. The molecule has 2 unspecified atom stereocenters. The second-order valence-electron chi connectivity index (χ2n) is 5.31. The third-order valence-corrected chi connectivity index (χ3v) is 2.77. The molecule has 1 fully saturated rings. The fourth-order valence-corrected chi connectivity index (χ4v) is 2.73. The van der Waals surface area contributed by atoms with Gasteiger partial charge >= 0.3 is 0 Å². The van der Waals surface area contributed by atoms with Crippen LogP contribution in [0, 0.1) is 16.2 Å². The Hall–Kier alpha value is -0.370. The van der Waals surface area contributed by atoms with E-state index in [9.17, 15) is 0 Å². The predicted molar refractivity (Wildman–Crippen MR) is 52.5 cm³/mol. The molecule has 0 radical (unpaired) electrons. The Morgan fingerprint density at radius 2 is 1.92 bits per heavy atom. The molecule has 0 spiro atoms. The van der Waals surface area contributed by atoms with Crippen molar-refractivity contribution in [1.82, 2.24) is 0 Å². The van der Waals surface area contributed by atoms with Crippen molar-refractivity contribution in [2.24, 2.45) is 16.6 Å². The number of nitrogens with one attached hydrogen (secondary N) is 1. The fraction of sp³-hybridized carbons (Fsp3) is 0.900. The van der Waals surface area contributed by atoms with Crippen LogP contribution in [0.5, 0.6) is 0 Å². The summed E-state index contributed by atoms with van der Waals surface area (Å²) in [5.41, 5.74) is 6.31. The molecule has 0 aliphatic heterocycles. The van der Waals surface area contributed by atoms with Gasteiger partial charge in [-0.05, 0) is 24.7 Å². The Kier molecular flexibility index (Phi) is 2.30. The minimum atomic E-state index is 0.0428. The number of hydrogen-bond donors (Lipinski definition) is 2. The zero-order valence-corrected chi connectivity index (χ0v) is 8.35. The van der Waals surface area contributed by atoms with Crippen LogP contribution in [0.3, 0.4) is 0 Å². The Morgan fingerprint density at radius 1 is 1.33 bits per heavy atom.